The van der Waals surface area contributed by atoms with Crippen LogP contribution in [-0.4, -0.2) is 221 Å². The number of unbranched alkanes of at least 4 members (excludes halogenated alkanes) is 16. The monoisotopic (exact) mass is 1670 g/mol. The third-order valence-corrected chi connectivity index (χ3v) is 41.6. The second-order valence-corrected chi connectivity index (χ2v) is 52.1. The van der Waals surface area contributed by atoms with Crippen LogP contribution in [0.25, 0.3) is 0 Å². The highest BCUT2D eigenvalue weighted by atomic mass is 28.4. The maximum Gasteiger partial charge on any atom is 0.500 e. The first-order chi connectivity index (χ1) is 50.8. The van der Waals surface area contributed by atoms with Gasteiger partial charge in [0.1, 0.15) is 0 Å². The molecule has 0 rings (SSSR count). The van der Waals surface area contributed by atoms with Crippen LogP contribution in [0, 0.1) is 0 Å². The minimum absolute atomic E-state index is 0. The van der Waals surface area contributed by atoms with Gasteiger partial charge in [0.15, 0.2) is 16.6 Å². The molecule has 0 spiro atoms. The Kier molecular flexibility index (Phi) is 103. The summed E-state index contributed by atoms with van der Waals surface area (Å²) in [6, 6.07) is 7.13. The molecule has 0 radical (unpaired) electrons. The van der Waals surface area contributed by atoms with Crippen LogP contribution in [0.1, 0.15) is 279 Å². The zero-order valence-electron chi connectivity index (χ0n) is 75.1. The number of nitrogens with one attached hydrogen (secondary N) is 2. The van der Waals surface area contributed by atoms with Crippen molar-refractivity contribution in [2.45, 2.75) is 352 Å². The molecule has 0 heterocycles. The van der Waals surface area contributed by atoms with Gasteiger partial charge in [-0.1, -0.05) is 159 Å². The molecule has 658 valence electrons. The average Bonchev–Trinajstić information content (AvgIpc) is 0.854. The van der Waals surface area contributed by atoms with Gasteiger partial charge in [-0.25, -0.2) is 0 Å². The number of rotatable bonds is 69. The van der Waals surface area contributed by atoms with Crippen LogP contribution < -0.4 is 33.6 Å². The summed E-state index contributed by atoms with van der Waals surface area (Å²) in [5.41, 5.74) is 23.2. The molecule has 0 saturated heterocycles. The summed E-state index contributed by atoms with van der Waals surface area (Å²) >= 11 is 0. The molecular formula is C78H192N6O16Si7. The SMILES string of the molecule is C.CCCCCCCCCCCC[Si](OCC)(OCC)OCC.CCCCCCNCCC[Si](OC)(OC)OC.CCCC[Si](C)(OCC)OCC.CCO[Si](C)(C)CCCN.CCO[Si](CCCCCCN)(OCC)OCC.CCO[Si](CCCN)(C(C)C)C(C)C.CO[Si](CCCNCCN)(OC)OC. The van der Waals surface area contributed by atoms with E-state index in [1.54, 1.807) is 42.7 Å². The first-order valence-corrected chi connectivity index (χ1v) is 58.3. The summed E-state index contributed by atoms with van der Waals surface area (Å²) in [6.07, 6.45) is 30.0. The molecule has 0 amide bonds. The second-order valence-electron chi connectivity index (χ2n) is 27.8. The summed E-state index contributed by atoms with van der Waals surface area (Å²) in [4.78, 5) is 0. The van der Waals surface area contributed by atoms with Crippen molar-refractivity contribution < 1.29 is 70.8 Å². The quantitative estimate of drug-likeness (QED) is 0.0244. The van der Waals surface area contributed by atoms with Gasteiger partial charge in [-0.3, -0.25) is 0 Å². The predicted molar refractivity (Wildman–Crippen MR) is 477 cm³/mol. The zero-order valence-corrected chi connectivity index (χ0v) is 82.1. The van der Waals surface area contributed by atoms with E-state index in [1.165, 1.54) is 128 Å². The van der Waals surface area contributed by atoms with Crippen molar-refractivity contribution in [3.8, 4) is 0 Å². The molecule has 0 aromatic rings. The van der Waals surface area contributed by atoms with Crippen molar-refractivity contribution in [1.82, 2.24) is 10.6 Å². The largest absolute Gasteiger partial charge is 0.500 e. The van der Waals surface area contributed by atoms with Crippen molar-refractivity contribution in [2.75, 3.05) is 161 Å². The molecule has 0 aliphatic carbocycles. The highest BCUT2D eigenvalue weighted by molar-refractivity contribution is 6.76. The number of nitrogens with two attached hydrogens (primary N) is 4. The van der Waals surface area contributed by atoms with Gasteiger partial charge >= 0.3 is 43.8 Å². The smallest absolute Gasteiger partial charge is 0.418 e. The normalized spacial score (nSPS) is 12.0. The first-order valence-electron chi connectivity index (χ1n) is 42.7. The Morgan fingerprint density at radius 1 is 0.252 bits per heavy atom. The van der Waals surface area contributed by atoms with E-state index in [2.05, 4.69) is 92.6 Å². The Morgan fingerprint density at radius 3 is 0.832 bits per heavy atom. The van der Waals surface area contributed by atoms with Crippen molar-refractivity contribution in [1.29, 1.82) is 0 Å². The second kappa shape index (κ2) is 89.0. The van der Waals surface area contributed by atoms with E-state index in [-0.39, 0.29) is 7.43 Å². The lowest BCUT2D eigenvalue weighted by atomic mass is 10.1. The number of hydrogen-bond acceptors (Lipinski definition) is 22. The van der Waals surface area contributed by atoms with Crippen LogP contribution in [0.15, 0.2) is 0 Å². The van der Waals surface area contributed by atoms with Crippen molar-refractivity contribution in [2.24, 2.45) is 22.9 Å². The molecule has 0 aliphatic rings. The van der Waals surface area contributed by atoms with Crippen LogP contribution in [-0.2, 0) is 70.8 Å². The molecular weight excluding hydrogens is 1470 g/mol. The molecule has 0 aliphatic heterocycles. The summed E-state index contributed by atoms with van der Waals surface area (Å²) in [5.74, 6) is 0. The Morgan fingerprint density at radius 2 is 0.533 bits per heavy atom. The lowest BCUT2D eigenvalue weighted by Gasteiger charge is -2.38. The summed E-state index contributed by atoms with van der Waals surface area (Å²) in [5, 5.41) is 6.66. The topological polar surface area (TPSA) is 276 Å². The lowest BCUT2D eigenvalue weighted by Crippen LogP contribution is -2.45. The van der Waals surface area contributed by atoms with Crippen molar-refractivity contribution in [3.05, 3.63) is 0 Å². The summed E-state index contributed by atoms with van der Waals surface area (Å²) in [6.45, 7) is 57.1. The fourth-order valence-electron chi connectivity index (χ4n) is 12.3. The first kappa shape index (κ1) is 123. The molecule has 0 atom stereocenters. The van der Waals surface area contributed by atoms with E-state index in [9.17, 15) is 0 Å². The molecule has 0 saturated carbocycles. The maximum absolute atomic E-state index is 6.14. The van der Waals surface area contributed by atoms with Gasteiger partial charge in [-0.15, -0.1) is 0 Å². The van der Waals surface area contributed by atoms with Crippen LogP contribution in [0.5, 0.6) is 0 Å². The van der Waals surface area contributed by atoms with E-state index in [1.807, 2.05) is 55.4 Å². The third-order valence-electron chi connectivity index (χ3n) is 18.1. The van der Waals surface area contributed by atoms with Gasteiger partial charge < -0.3 is 104 Å². The molecule has 0 aromatic heterocycles. The number of hydrogen-bond donors (Lipinski definition) is 6. The van der Waals surface area contributed by atoms with Gasteiger partial charge in [0.05, 0.1) is 0 Å². The standard InChI is InChI=1S/C18H40O3Si.2C12H29NO3Si.C11H27NOSi.C9H22O2Si.C8H22N2O3Si.C7H19NOSi.CH4/c1-5-9-10-11-12-13-14-15-16-17-18-22(19-6-2,20-7-3)21-8-4;1-5-6-7-8-10-13-11-9-12-17(14-2,15-3)16-4;1-4-14-17(15-5-2,16-6-3)12-10-8-7-9-11-13;1-6-13-14(10(2)3,11(4)5)9-7-8-12;1-5-8-9-12(4,10-6-2)11-7-3;1-11-14(12-2,13-3)8-4-6-10-7-5-9;1-4-9-10(2,3)7-5-6-8;/h5-18H2,1-4H3;13H,5-12H2,1-4H3;4-13H2,1-3H3;10-11H,6-9,12H2,1-5H3;5-9H2,1-4H3;10H,4-9H2,1-3H3;4-8H2,1-3H3;1H4. The van der Waals surface area contributed by atoms with Gasteiger partial charge in [0.25, 0.3) is 0 Å². The Bertz CT molecular complexity index is 1610. The van der Waals surface area contributed by atoms with E-state index < -0.39 is 60.4 Å². The zero-order chi connectivity index (χ0) is 82.0. The summed E-state index contributed by atoms with van der Waals surface area (Å²) < 4.78 is 90.1. The Hall–Kier alpha value is 0.638. The van der Waals surface area contributed by atoms with Gasteiger partial charge in [0, 0.05) is 146 Å². The molecule has 0 aromatic carbocycles. The van der Waals surface area contributed by atoms with Crippen LogP contribution in [0.4, 0.5) is 0 Å². The van der Waals surface area contributed by atoms with Crippen molar-refractivity contribution >= 4 is 60.4 Å². The van der Waals surface area contributed by atoms with Crippen LogP contribution in [0.3, 0.4) is 0 Å². The molecule has 0 fully saturated rings. The molecule has 0 unspecified atom stereocenters. The molecule has 0 bridgehead atoms. The van der Waals surface area contributed by atoms with E-state index in [0.29, 0.717) is 57.3 Å². The maximum atomic E-state index is 6.14. The Labute approximate surface area is 674 Å². The molecule has 22 nitrogen and oxygen atoms in total. The summed E-state index contributed by atoms with van der Waals surface area (Å²) in [7, 11) is -4.20. The lowest BCUT2D eigenvalue weighted by molar-refractivity contribution is 0.0698. The highest BCUT2D eigenvalue weighted by Gasteiger charge is 2.43. The van der Waals surface area contributed by atoms with Gasteiger partial charge in [-0.2, -0.15) is 0 Å². The van der Waals surface area contributed by atoms with E-state index in [4.69, 9.17) is 93.8 Å². The predicted octanol–water partition coefficient (Wildman–Crippen LogP) is 19.0. The molecule has 10 N–H and O–H groups in total. The average molecular weight is 1670 g/mol. The van der Waals surface area contributed by atoms with E-state index >= 15 is 0 Å². The van der Waals surface area contributed by atoms with Crippen molar-refractivity contribution in [3.63, 3.8) is 0 Å². The van der Waals surface area contributed by atoms with Crippen LogP contribution >= 0.6 is 0 Å². The fourth-order valence-corrected chi connectivity index (χ4v) is 30.2. The molecule has 107 heavy (non-hydrogen) atoms. The molecule has 29 heteroatoms. The fraction of sp³-hybridized carbons (Fsp3) is 1.00. The third kappa shape index (κ3) is 74.0. The van der Waals surface area contributed by atoms with Gasteiger partial charge in [0.2, 0.25) is 0 Å². The van der Waals surface area contributed by atoms with Gasteiger partial charge in [-0.05, 0) is 209 Å². The van der Waals surface area contributed by atoms with Crippen LogP contribution in [0.2, 0.25) is 73.0 Å². The minimum atomic E-state index is -2.39. The Balaban J connectivity index is -0.000000180. The van der Waals surface area contributed by atoms with E-state index in [0.717, 1.165) is 141 Å². The minimum Gasteiger partial charge on any atom is -0.418 e. The highest BCUT2D eigenvalue weighted by Crippen LogP contribution is 2.37.